The molecule has 3 heterocycles. The van der Waals surface area contributed by atoms with Crippen LogP contribution < -0.4 is 5.32 Å². The normalized spacial score (nSPS) is 22.2. The number of carbonyl (C=O) groups excluding carboxylic acids is 1. The predicted octanol–water partition coefficient (Wildman–Crippen LogP) is 3.41. The number of nitrogens with one attached hydrogen (secondary N) is 1. The molecule has 0 saturated carbocycles. The molecule has 2 atom stereocenters. The van der Waals surface area contributed by atoms with Gasteiger partial charge in [-0.05, 0) is 42.8 Å². The van der Waals surface area contributed by atoms with Crippen LogP contribution in [0, 0.1) is 10.1 Å². The summed E-state index contributed by atoms with van der Waals surface area (Å²) in [7, 11) is 0. The zero-order valence-corrected chi connectivity index (χ0v) is 15.2. The van der Waals surface area contributed by atoms with E-state index in [1.54, 1.807) is 36.4 Å². The molecule has 140 valence electrons. The summed E-state index contributed by atoms with van der Waals surface area (Å²) in [6.45, 7) is 1.34. The van der Waals surface area contributed by atoms with Crippen LogP contribution in [0.5, 0.6) is 0 Å². The van der Waals surface area contributed by atoms with Crippen molar-refractivity contribution in [2.24, 2.45) is 0 Å². The Kier molecular flexibility index (Phi) is 4.61. The maximum absolute atomic E-state index is 13.1. The number of furan rings is 1. The molecule has 2 aliphatic heterocycles. The number of hydrogen-bond donors (Lipinski definition) is 1. The van der Waals surface area contributed by atoms with Crippen molar-refractivity contribution in [3.05, 3.63) is 80.5 Å². The van der Waals surface area contributed by atoms with Crippen LogP contribution in [-0.2, 0) is 0 Å². The zero-order chi connectivity index (χ0) is 19.0. The van der Waals surface area contributed by atoms with Crippen LogP contribution in [0.1, 0.15) is 35.0 Å². The van der Waals surface area contributed by atoms with Gasteiger partial charge in [0.1, 0.15) is 11.6 Å². The van der Waals surface area contributed by atoms with Crippen LogP contribution in [0.4, 0.5) is 0 Å². The molecule has 0 aliphatic carbocycles. The number of halogens is 1. The van der Waals surface area contributed by atoms with Gasteiger partial charge >= 0.3 is 0 Å². The van der Waals surface area contributed by atoms with Crippen molar-refractivity contribution in [2.45, 2.75) is 24.9 Å². The van der Waals surface area contributed by atoms with Crippen LogP contribution in [0.3, 0.4) is 0 Å². The average Bonchev–Trinajstić information content (AvgIpc) is 3.21. The van der Waals surface area contributed by atoms with Crippen molar-refractivity contribution >= 4 is 17.4 Å². The third-order valence-corrected chi connectivity index (χ3v) is 5.29. The highest BCUT2D eigenvalue weighted by Gasteiger charge is 2.47. The number of nitro groups is 1. The van der Waals surface area contributed by atoms with Crippen LogP contribution in [0.15, 0.2) is 58.5 Å². The molecule has 27 heavy (non-hydrogen) atoms. The van der Waals surface area contributed by atoms with Gasteiger partial charge in [0.15, 0.2) is 11.8 Å². The fraction of sp³-hybridized carbons (Fsp3) is 0.316. The second kappa shape index (κ2) is 7.08. The lowest BCUT2D eigenvalue weighted by atomic mass is 9.87. The molecule has 0 unspecified atom stereocenters. The van der Waals surface area contributed by atoms with Gasteiger partial charge in [0.25, 0.3) is 0 Å². The maximum Gasteiger partial charge on any atom is 0.244 e. The van der Waals surface area contributed by atoms with Crippen LogP contribution >= 0.6 is 11.6 Å². The second-order valence-electron chi connectivity index (χ2n) is 6.65. The molecular weight excluding hydrogens is 370 g/mol. The topological polar surface area (TPSA) is 88.6 Å². The zero-order valence-electron chi connectivity index (χ0n) is 14.4. The number of rotatable bonds is 4. The number of fused-ring (bicyclic) bond motifs is 1. The van der Waals surface area contributed by atoms with Gasteiger partial charge in [0.2, 0.25) is 6.04 Å². The molecule has 7 nitrogen and oxygen atoms in total. The molecule has 1 aromatic carbocycles. The van der Waals surface area contributed by atoms with Crippen molar-refractivity contribution in [3.63, 3.8) is 0 Å². The minimum absolute atomic E-state index is 0.0403. The summed E-state index contributed by atoms with van der Waals surface area (Å²) in [5.41, 5.74) is 0.897. The van der Waals surface area contributed by atoms with E-state index in [0.717, 1.165) is 13.0 Å². The molecule has 0 amide bonds. The molecule has 1 saturated heterocycles. The van der Waals surface area contributed by atoms with E-state index in [0.29, 0.717) is 34.3 Å². The quantitative estimate of drug-likeness (QED) is 0.491. The van der Waals surface area contributed by atoms with Gasteiger partial charge in [0, 0.05) is 34.2 Å². The highest BCUT2D eigenvalue weighted by molar-refractivity contribution is 6.30. The summed E-state index contributed by atoms with van der Waals surface area (Å²) in [6.07, 6.45) is 2.38. The molecule has 8 heteroatoms. The highest BCUT2D eigenvalue weighted by atomic mass is 35.5. The fourth-order valence-corrected chi connectivity index (χ4v) is 3.95. The first kappa shape index (κ1) is 17.6. The number of ketones is 1. The van der Waals surface area contributed by atoms with E-state index >= 15 is 0 Å². The first-order chi connectivity index (χ1) is 13.1. The molecule has 1 N–H and O–H groups in total. The van der Waals surface area contributed by atoms with Gasteiger partial charge in [-0.2, -0.15) is 0 Å². The summed E-state index contributed by atoms with van der Waals surface area (Å²) in [5.74, 6) is 0.988. The Hall–Kier alpha value is -2.80. The smallest absolute Gasteiger partial charge is 0.244 e. The van der Waals surface area contributed by atoms with E-state index in [9.17, 15) is 14.9 Å². The van der Waals surface area contributed by atoms with Gasteiger partial charge in [-0.25, -0.2) is 0 Å². The lowest BCUT2D eigenvalue weighted by Gasteiger charge is -2.43. The maximum atomic E-state index is 13.1. The van der Waals surface area contributed by atoms with Crippen molar-refractivity contribution in [3.8, 4) is 0 Å². The predicted molar refractivity (Wildman–Crippen MR) is 99.0 cm³/mol. The molecule has 0 radical (unpaired) electrons. The Morgan fingerprint density at radius 3 is 2.74 bits per heavy atom. The largest absolute Gasteiger partial charge is 0.467 e. The second-order valence-corrected chi connectivity index (χ2v) is 7.09. The molecule has 0 bridgehead atoms. The number of carbonyl (C=O) groups is 1. The minimum Gasteiger partial charge on any atom is -0.467 e. The van der Waals surface area contributed by atoms with Gasteiger partial charge in [-0.3, -0.25) is 14.9 Å². The Labute approximate surface area is 160 Å². The van der Waals surface area contributed by atoms with Crippen LogP contribution in [0.2, 0.25) is 5.02 Å². The summed E-state index contributed by atoms with van der Waals surface area (Å²) >= 11 is 5.91. The van der Waals surface area contributed by atoms with Crippen molar-refractivity contribution in [1.29, 1.82) is 0 Å². The first-order valence-electron chi connectivity index (χ1n) is 8.77. The molecule has 1 fully saturated rings. The Bertz CT molecular complexity index is 892. The molecule has 0 spiro atoms. The van der Waals surface area contributed by atoms with E-state index in [1.165, 1.54) is 6.26 Å². The van der Waals surface area contributed by atoms with Gasteiger partial charge < -0.3 is 14.6 Å². The Morgan fingerprint density at radius 2 is 2.07 bits per heavy atom. The Morgan fingerprint density at radius 1 is 1.30 bits per heavy atom. The van der Waals surface area contributed by atoms with E-state index in [4.69, 9.17) is 16.0 Å². The highest BCUT2D eigenvalue weighted by Crippen LogP contribution is 2.40. The van der Waals surface area contributed by atoms with Crippen molar-refractivity contribution < 1.29 is 14.1 Å². The summed E-state index contributed by atoms with van der Waals surface area (Å²) in [6, 6.07) is 8.54. The lowest BCUT2D eigenvalue weighted by molar-refractivity contribution is -0.532. The van der Waals surface area contributed by atoms with Gasteiger partial charge in [0.05, 0.1) is 12.7 Å². The first-order valence-corrected chi connectivity index (χ1v) is 9.15. The van der Waals surface area contributed by atoms with Crippen molar-refractivity contribution in [1.82, 2.24) is 10.2 Å². The fourth-order valence-electron chi connectivity index (χ4n) is 3.82. The number of nitrogens with zero attached hydrogens (tertiary/aromatic N) is 2. The van der Waals surface area contributed by atoms with Gasteiger partial charge in [-0.15, -0.1) is 0 Å². The minimum atomic E-state index is -0.967. The summed E-state index contributed by atoms with van der Waals surface area (Å²) in [4.78, 5) is 26.6. The lowest BCUT2D eigenvalue weighted by Crippen LogP contribution is -2.51. The standard InChI is InChI=1S/C19H18ClN3O4/c20-13-6-4-12(5-7-13)18(24)14-11-15(23(25)26)17(16-3-1-10-27-16)22-9-2-8-21-19(14)22/h1,3-7,10,15,17,21H,2,8-9,11H2/t15-,17-/m0/s1. The summed E-state index contributed by atoms with van der Waals surface area (Å²) in [5, 5.41) is 15.7. The van der Waals surface area contributed by atoms with E-state index in [1.807, 2.05) is 4.90 Å². The third kappa shape index (κ3) is 3.19. The molecule has 4 rings (SSSR count). The SMILES string of the molecule is O=C(C1=C2NCCCN2[C@H](c2ccco2)[C@@H]([N+](=O)[O-])C1)c1ccc(Cl)cc1. The molecule has 2 aliphatic rings. The van der Waals surface area contributed by atoms with Crippen LogP contribution in [0.25, 0.3) is 0 Å². The third-order valence-electron chi connectivity index (χ3n) is 5.04. The Balaban J connectivity index is 1.79. The summed E-state index contributed by atoms with van der Waals surface area (Å²) < 4.78 is 5.50. The van der Waals surface area contributed by atoms with E-state index in [-0.39, 0.29) is 17.1 Å². The molecular formula is C19H18ClN3O4. The van der Waals surface area contributed by atoms with Crippen LogP contribution in [-0.4, -0.2) is 34.7 Å². The molecule has 2 aromatic rings. The van der Waals surface area contributed by atoms with E-state index in [2.05, 4.69) is 5.32 Å². The molecule has 1 aromatic heterocycles. The average molecular weight is 388 g/mol. The number of hydrogen-bond acceptors (Lipinski definition) is 6. The number of benzene rings is 1. The monoisotopic (exact) mass is 387 g/mol. The number of Topliss-reactive ketones (excluding diaryl/α,β-unsaturated/α-hetero) is 1. The van der Waals surface area contributed by atoms with E-state index < -0.39 is 12.1 Å². The van der Waals surface area contributed by atoms with Crippen molar-refractivity contribution in [2.75, 3.05) is 13.1 Å². The van der Waals surface area contributed by atoms with Gasteiger partial charge in [-0.1, -0.05) is 11.6 Å².